The van der Waals surface area contributed by atoms with Gasteiger partial charge in [0.25, 0.3) is 0 Å². The van der Waals surface area contributed by atoms with Crippen LogP contribution in [0.25, 0.3) is 0 Å². The summed E-state index contributed by atoms with van der Waals surface area (Å²) in [5, 5.41) is 1.98. The highest BCUT2D eigenvalue weighted by Crippen LogP contribution is 1.96. The van der Waals surface area contributed by atoms with Gasteiger partial charge >= 0.3 is 0 Å². The second-order valence-corrected chi connectivity index (χ2v) is 1.87. The van der Waals surface area contributed by atoms with Gasteiger partial charge in [0.05, 0.1) is 6.20 Å². The minimum absolute atomic E-state index is 1.00. The quantitative estimate of drug-likeness (QED) is 0.462. The lowest BCUT2D eigenvalue weighted by Crippen LogP contribution is -2.24. The van der Waals surface area contributed by atoms with Crippen molar-refractivity contribution in [3.8, 4) is 0 Å². The number of hydrogen-bond acceptors (Lipinski definition) is 2. The monoisotopic (exact) mass is 97.1 g/mol. The van der Waals surface area contributed by atoms with Gasteiger partial charge in [-0.25, -0.2) is 5.01 Å². The fourth-order valence-corrected chi connectivity index (χ4v) is 0.626. The molecule has 0 aliphatic carbocycles. The van der Waals surface area contributed by atoms with Crippen LogP contribution in [-0.2, 0) is 0 Å². The maximum Gasteiger partial charge on any atom is 0.0738 e. The second-order valence-electron chi connectivity index (χ2n) is 1.87. The topological polar surface area (TPSA) is 15.3 Å². The Bertz CT molecular complexity index is 96.3. The molecule has 1 aliphatic rings. The van der Waals surface area contributed by atoms with E-state index in [-0.39, 0.29) is 0 Å². The predicted octanol–water partition coefficient (Wildman–Crippen LogP) is 0.143. The van der Waals surface area contributed by atoms with Gasteiger partial charge in [-0.1, -0.05) is 0 Å². The Hall–Kier alpha value is -0.500. The molecule has 0 aromatic carbocycles. The number of nitrogens with one attached hydrogen (secondary N) is 1. The molecule has 0 aromatic heterocycles. The average Bonchev–Trinajstić information content (AvgIpc) is 1.87. The SMILES string of the molecule is CC1=[C]NN(C)C1. The van der Waals surface area contributed by atoms with Crippen molar-refractivity contribution in [3.05, 3.63) is 11.8 Å². The third-order valence-electron chi connectivity index (χ3n) is 0.934. The largest absolute Gasteiger partial charge is 0.317 e. The molecular formula is C5H9N2. The van der Waals surface area contributed by atoms with Crippen molar-refractivity contribution in [1.29, 1.82) is 0 Å². The number of rotatable bonds is 0. The van der Waals surface area contributed by atoms with Gasteiger partial charge in [-0.2, -0.15) is 0 Å². The third kappa shape index (κ3) is 0.933. The molecule has 0 saturated heterocycles. The summed E-state index contributed by atoms with van der Waals surface area (Å²) in [6.07, 6.45) is 2.96. The fraction of sp³-hybridized carbons (Fsp3) is 0.600. The van der Waals surface area contributed by atoms with E-state index in [2.05, 4.69) is 18.5 Å². The Morgan fingerprint density at radius 2 is 2.57 bits per heavy atom. The van der Waals surface area contributed by atoms with E-state index in [1.54, 1.807) is 0 Å². The van der Waals surface area contributed by atoms with Crippen LogP contribution in [0.4, 0.5) is 0 Å². The lowest BCUT2D eigenvalue weighted by Gasteiger charge is -2.05. The molecular weight excluding hydrogens is 88.1 g/mol. The standard InChI is InChI=1S/C5H9N2/c1-5-3-6-7(2)4-5/h6H,4H2,1-2H3. The zero-order valence-electron chi connectivity index (χ0n) is 4.65. The van der Waals surface area contributed by atoms with Gasteiger partial charge in [-0.15, -0.1) is 0 Å². The molecule has 0 bridgehead atoms. The molecule has 39 valence electrons. The highest BCUT2D eigenvalue weighted by atomic mass is 15.5. The van der Waals surface area contributed by atoms with Crippen molar-refractivity contribution in [3.63, 3.8) is 0 Å². The lowest BCUT2D eigenvalue weighted by atomic mass is 10.3. The first kappa shape index (κ1) is 4.65. The molecule has 0 unspecified atom stereocenters. The molecule has 1 rings (SSSR count). The Balaban J connectivity index is 2.42. The Kier molecular flexibility index (Phi) is 1.02. The first-order chi connectivity index (χ1) is 3.29. The van der Waals surface area contributed by atoms with Gasteiger partial charge in [-0.05, 0) is 12.5 Å². The van der Waals surface area contributed by atoms with Crippen LogP contribution in [0.2, 0.25) is 0 Å². The molecule has 0 spiro atoms. The molecule has 0 aromatic rings. The van der Waals surface area contributed by atoms with Crippen molar-refractivity contribution in [2.24, 2.45) is 0 Å². The highest BCUT2D eigenvalue weighted by molar-refractivity contribution is 4.97. The molecule has 2 heteroatoms. The van der Waals surface area contributed by atoms with E-state index in [0.29, 0.717) is 0 Å². The molecule has 0 fully saturated rings. The van der Waals surface area contributed by atoms with E-state index in [1.165, 1.54) is 5.57 Å². The minimum Gasteiger partial charge on any atom is -0.317 e. The van der Waals surface area contributed by atoms with Crippen LogP contribution in [-0.4, -0.2) is 18.6 Å². The average molecular weight is 97.1 g/mol. The number of hydrazine groups is 1. The molecule has 1 radical (unpaired) electrons. The molecule has 0 saturated carbocycles. The van der Waals surface area contributed by atoms with E-state index >= 15 is 0 Å². The Morgan fingerprint density at radius 3 is 2.71 bits per heavy atom. The Labute approximate surface area is 43.8 Å². The first-order valence-corrected chi connectivity index (χ1v) is 2.34. The minimum atomic E-state index is 1.00. The van der Waals surface area contributed by atoms with Crippen LogP contribution in [0.3, 0.4) is 0 Å². The predicted molar refractivity (Wildman–Crippen MR) is 28.2 cm³/mol. The summed E-state index contributed by atoms with van der Waals surface area (Å²) in [5.74, 6) is 0. The smallest absolute Gasteiger partial charge is 0.0738 e. The molecule has 1 heterocycles. The van der Waals surface area contributed by atoms with Crippen LogP contribution in [0.1, 0.15) is 6.92 Å². The zero-order valence-corrected chi connectivity index (χ0v) is 4.65. The summed E-state index contributed by atoms with van der Waals surface area (Å²) in [4.78, 5) is 0. The maximum absolute atomic E-state index is 2.96. The van der Waals surface area contributed by atoms with Gasteiger partial charge in [0.1, 0.15) is 0 Å². The third-order valence-corrected chi connectivity index (χ3v) is 0.934. The summed E-state index contributed by atoms with van der Waals surface area (Å²) in [6, 6.07) is 0. The first-order valence-electron chi connectivity index (χ1n) is 2.34. The van der Waals surface area contributed by atoms with E-state index in [4.69, 9.17) is 0 Å². The van der Waals surface area contributed by atoms with Gasteiger partial charge in [0.15, 0.2) is 0 Å². The second kappa shape index (κ2) is 1.54. The van der Waals surface area contributed by atoms with Gasteiger partial charge in [0, 0.05) is 13.6 Å². The van der Waals surface area contributed by atoms with Crippen molar-refractivity contribution < 1.29 is 0 Å². The van der Waals surface area contributed by atoms with E-state index < -0.39 is 0 Å². The molecule has 1 N–H and O–H groups in total. The molecule has 2 nitrogen and oxygen atoms in total. The van der Waals surface area contributed by atoms with Crippen LogP contribution in [0.5, 0.6) is 0 Å². The molecule has 1 aliphatic heterocycles. The highest BCUT2D eigenvalue weighted by Gasteiger charge is 2.02. The number of hydrogen-bond donors (Lipinski definition) is 1. The van der Waals surface area contributed by atoms with Crippen molar-refractivity contribution in [1.82, 2.24) is 10.4 Å². The van der Waals surface area contributed by atoms with Crippen LogP contribution in [0, 0.1) is 6.20 Å². The molecule has 0 atom stereocenters. The molecule has 7 heavy (non-hydrogen) atoms. The van der Waals surface area contributed by atoms with Crippen molar-refractivity contribution in [2.45, 2.75) is 6.92 Å². The lowest BCUT2D eigenvalue weighted by molar-refractivity contribution is 0.324. The zero-order chi connectivity index (χ0) is 5.28. The van der Waals surface area contributed by atoms with E-state index in [0.717, 1.165) is 6.54 Å². The van der Waals surface area contributed by atoms with Crippen molar-refractivity contribution in [2.75, 3.05) is 13.6 Å². The van der Waals surface area contributed by atoms with Crippen LogP contribution >= 0.6 is 0 Å². The summed E-state index contributed by atoms with van der Waals surface area (Å²) >= 11 is 0. The van der Waals surface area contributed by atoms with Gasteiger partial charge < -0.3 is 5.43 Å². The van der Waals surface area contributed by atoms with Crippen LogP contribution in [0.15, 0.2) is 5.57 Å². The summed E-state index contributed by atoms with van der Waals surface area (Å²) in [7, 11) is 1.99. The van der Waals surface area contributed by atoms with Crippen LogP contribution < -0.4 is 5.43 Å². The summed E-state index contributed by atoms with van der Waals surface area (Å²) in [6.45, 7) is 3.05. The normalized spacial score (nSPS) is 21.7. The Morgan fingerprint density at radius 1 is 1.86 bits per heavy atom. The van der Waals surface area contributed by atoms with E-state index in [9.17, 15) is 0 Å². The fourth-order valence-electron chi connectivity index (χ4n) is 0.626. The number of likely N-dealkylation sites (N-methyl/N-ethyl adjacent to an activating group) is 1. The number of nitrogens with zero attached hydrogens (tertiary/aromatic N) is 1. The van der Waals surface area contributed by atoms with Gasteiger partial charge in [-0.3, -0.25) is 0 Å². The summed E-state index contributed by atoms with van der Waals surface area (Å²) in [5.41, 5.74) is 4.18. The van der Waals surface area contributed by atoms with E-state index in [1.807, 2.05) is 12.1 Å². The van der Waals surface area contributed by atoms with Crippen molar-refractivity contribution >= 4 is 0 Å². The van der Waals surface area contributed by atoms with Gasteiger partial charge in [0.2, 0.25) is 0 Å². The maximum atomic E-state index is 2.96. The summed E-state index contributed by atoms with van der Waals surface area (Å²) < 4.78 is 0. The molecule has 0 amide bonds.